The molecule has 1 amide bonds. The van der Waals surface area contributed by atoms with Gasteiger partial charge in [0.05, 0.1) is 11.6 Å². The zero-order valence-corrected chi connectivity index (χ0v) is 20.0. The van der Waals surface area contributed by atoms with Crippen molar-refractivity contribution in [2.24, 2.45) is 0 Å². The minimum Gasteiger partial charge on any atom is -0.493 e. The molecule has 0 saturated heterocycles. The molecule has 0 fully saturated rings. The number of ether oxygens (including phenoxy) is 2. The van der Waals surface area contributed by atoms with Gasteiger partial charge in [-0.15, -0.1) is 0 Å². The van der Waals surface area contributed by atoms with Crippen LogP contribution in [0.5, 0.6) is 11.5 Å². The summed E-state index contributed by atoms with van der Waals surface area (Å²) in [5.74, 6) is -0.0926. The normalized spacial score (nSPS) is 10.9. The molecule has 1 N–H and O–H groups in total. The van der Waals surface area contributed by atoms with Crippen molar-refractivity contribution >= 4 is 49.5 Å². The number of amides is 1. The number of nitriles is 1. The molecule has 32 heavy (non-hydrogen) atoms. The summed E-state index contributed by atoms with van der Waals surface area (Å²) in [5, 5.41) is 12.0. The van der Waals surface area contributed by atoms with Crippen molar-refractivity contribution < 1.29 is 18.7 Å². The maximum atomic E-state index is 13.0. The van der Waals surface area contributed by atoms with Gasteiger partial charge in [0.25, 0.3) is 5.91 Å². The summed E-state index contributed by atoms with van der Waals surface area (Å²) < 4.78 is 26.0. The summed E-state index contributed by atoms with van der Waals surface area (Å²) >= 11 is 6.97. The van der Waals surface area contributed by atoms with E-state index in [4.69, 9.17) is 9.47 Å². The summed E-state index contributed by atoms with van der Waals surface area (Å²) in [7, 11) is 1.51. The third-order valence-electron chi connectivity index (χ3n) is 4.36. The minimum absolute atomic E-state index is 0.120. The quantitative estimate of drug-likeness (QED) is 0.265. The van der Waals surface area contributed by atoms with Gasteiger partial charge < -0.3 is 14.8 Å². The highest BCUT2D eigenvalue weighted by Crippen LogP contribution is 2.38. The second-order valence-electron chi connectivity index (χ2n) is 6.55. The van der Waals surface area contributed by atoms with Crippen molar-refractivity contribution in [2.75, 3.05) is 12.4 Å². The molecular weight excluding hydrogens is 543 g/mol. The average molecular weight is 560 g/mol. The van der Waals surface area contributed by atoms with Crippen molar-refractivity contribution in [1.82, 2.24) is 0 Å². The number of carbonyl (C=O) groups is 1. The molecule has 0 aromatic heterocycles. The number of nitrogens with one attached hydrogen (secondary N) is 1. The lowest BCUT2D eigenvalue weighted by atomic mass is 10.1. The van der Waals surface area contributed by atoms with Crippen LogP contribution in [0.2, 0.25) is 0 Å². The van der Waals surface area contributed by atoms with E-state index in [0.29, 0.717) is 33.8 Å². The van der Waals surface area contributed by atoms with Gasteiger partial charge in [-0.3, -0.25) is 4.79 Å². The van der Waals surface area contributed by atoms with Gasteiger partial charge in [-0.1, -0.05) is 34.1 Å². The summed E-state index contributed by atoms with van der Waals surface area (Å²) in [6.07, 6.45) is 1.43. The molecule has 3 aromatic rings. The number of benzene rings is 3. The molecule has 0 atom stereocenters. The maximum Gasteiger partial charge on any atom is 0.266 e. The van der Waals surface area contributed by atoms with E-state index in [1.165, 1.54) is 37.5 Å². The van der Waals surface area contributed by atoms with E-state index in [9.17, 15) is 14.4 Å². The van der Waals surface area contributed by atoms with E-state index < -0.39 is 11.7 Å². The minimum atomic E-state index is -0.608. The number of carbonyl (C=O) groups excluding carboxylic acids is 1. The molecule has 0 aliphatic carbocycles. The molecular formula is C24H17Br2FN2O3. The number of hydrogen-bond donors (Lipinski definition) is 1. The van der Waals surface area contributed by atoms with Gasteiger partial charge in [0.15, 0.2) is 11.5 Å². The fourth-order valence-electron chi connectivity index (χ4n) is 2.78. The van der Waals surface area contributed by atoms with E-state index in [1.807, 2.05) is 30.3 Å². The highest BCUT2D eigenvalue weighted by Gasteiger charge is 2.15. The van der Waals surface area contributed by atoms with Gasteiger partial charge in [-0.25, -0.2) is 4.39 Å². The molecule has 0 radical (unpaired) electrons. The standard InChI is InChI=1S/C24H17Br2FN2O3/c1-31-22-12-15(10-17(13-28)24(30)29-19-8-6-18(27)7-9-19)11-21(26)23(22)32-14-16-4-2-3-5-20(16)25/h2-12H,14H2,1H3,(H,29,30)/b17-10+. The largest absolute Gasteiger partial charge is 0.493 e. The van der Waals surface area contributed by atoms with Crippen LogP contribution in [-0.4, -0.2) is 13.0 Å². The number of rotatable bonds is 7. The lowest BCUT2D eigenvalue weighted by Crippen LogP contribution is -2.13. The highest BCUT2D eigenvalue weighted by atomic mass is 79.9. The van der Waals surface area contributed by atoms with Gasteiger partial charge in [0.2, 0.25) is 0 Å². The molecule has 0 saturated carbocycles. The Balaban J connectivity index is 1.82. The van der Waals surface area contributed by atoms with E-state index >= 15 is 0 Å². The predicted molar refractivity (Wildman–Crippen MR) is 128 cm³/mol. The summed E-state index contributed by atoms with van der Waals surface area (Å²) in [4.78, 5) is 12.5. The van der Waals surface area contributed by atoms with E-state index in [0.717, 1.165) is 10.0 Å². The Hall–Kier alpha value is -3.15. The van der Waals surface area contributed by atoms with E-state index in [1.54, 1.807) is 12.1 Å². The maximum absolute atomic E-state index is 13.0. The fraction of sp³-hybridized carbons (Fsp3) is 0.0833. The Bertz CT molecular complexity index is 1200. The lowest BCUT2D eigenvalue weighted by Gasteiger charge is -2.14. The first-order chi connectivity index (χ1) is 15.4. The zero-order valence-electron chi connectivity index (χ0n) is 16.9. The van der Waals surface area contributed by atoms with Crippen LogP contribution in [0.4, 0.5) is 10.1 Å². The van der Waals surface area contributed by atoms with Crippen molar-refractivity contribution in [1.29, 1.82) is 5.26 Å². The average Bonchev–Trinajstić information content (AvgIpc) is 2.78. The Morgan fingerprint density at radius 3 is 2.50 bits per heavy atom. The van der Waals surface area contributed by atoms with Gasteiger partial charge >= 0.3 is 0 Å². The molecule has 8 heteroatoms. The second kappa shape index (κ2) is 10.9. The fourth-order valence-corrected chi connectivity index (χ4v) is 3.75. The number of methoxy groups -OCH3 is 1. The van der Waals surface area contributed by atoms with E-state index in [-0.39, 0.29) is 5.57 Å². The molecule has 162 valence electrons. The number of nitrogens with zero attached hydrogens (tertiary/aromatic N) is 1. The van der Waals surface area contributed by atoms with Crippen LogP contribution in [0.3, 0.4) is 0 Å². The van der Waals surface area contributed by atoms with E-state index in [2.05, 4.69) is 37.2 Å². The van der Waals surface area contributed by atoms with Crippen LogP contribution in [0.1, 0.15) is 11.1 Å². The summed E-state index contributed by atoms with van der Waals surface area (Å²) in [5.41, 5.74) is 1.79. The molecule has 0 spiro atoms. The predicted octanol–water partition coefficient (Wildman–Crippen LogP) is 6.48. The topological polar surface area (TPSA) is 71.3 Å². The Kier molecular flexibility index (Phi) is 8.03. The third kappa shape index (κ3) is 5.96. The molecule has 0 unspecified atom stereocenters. The molecule has 3 rings (SSSR count). The number of hydrogen-bond acceptors (Lipinski definition) is 4. The Labute approximate surface area is 201 Å². The first kappa shape index (κ1) is 23.5. The molecule has 0 bridgehead atoms. The van der Waals surface area contributed by atoms with Crippen LogP contribution in [0.25, 0.3) is 6.08 Å². The smallest absolute Gasteiger partial charge is 0.266 e. The Morgan fingerprint density at radius 2 is 1.84 bits per heavy atom. The lowest BCUT2D eigenvalue weighted by molar-refractivity contribution is -0.112. The van der Waals surface area contributed by atoms with Crippen molar-refractivity contribution in [3.63, 3.8) is 0 Å². The van der Waals surface area contributed by atoms with Crippen LogP contribution in [-0.2, 0) is 11.4 Å². The van der Waals surface area contributed by atoms with Crippen LogP contribution < -0.4 is 14.8 Å². The molecule has 0 aliphatic rings. The van der Waals surface area contributed by atoms with Crippen molar-refractivity contribution in [2.45, 2.75) is 6.61 Å². The number of halogens is 3. The Morgan fingerprint density at radius 1 is 1.12 bits per heavy atom. The highest BCUT2D eigenvalue weighted by molar-refractivity contribution is 9.10. The zero-order chi connectivity index (χ0) is 23.1. The first-order valence-corrected chi connectivity index (χ1v) is 10.9. The van der Waals surface area contributed by atoms with Gasteiger partial charge in [0.1, 0.15) is 24.1 Å². The summed E-state index contributed by atoms with van der Waals surface area (Å²) in [6, 6.07) is 18.3. The van der Waals surface area contributed by atoms with Crippen molar-refractivity contribution in [3.05, 3.63) is 92.1 Å². The molecule has 5 nitrogen and oxygen atoms in total. The first-order valence-electron chi connectivity index (χ1n) is 9.33. The molecule has 0 heterocycles. The molecule has 3 aromatic carbocycles. The van der Waals surface area contributed by atoms with Crippen LogP contribution in [0, 0.1) is 17.1 Å². The van der Waals surface area contributed by atoms with Gasteiger partial charge in [0, 0.05) is 15.7 Å². The number of anilines is 1. The second-order valence-corrected chi connectivity index (χ2v) is 8.25. The SMILES string of the molecule is COc1cc(/C=C(\C#N)C(=O)Nc2ccc(F)cc2)cc(Br)c1OCc1ccccc1Br. The van der Waals surface area contributed by atoms with Gasteiger partial charge in [-0.2, -0.15) is 5.26 Å². The monoisotopic (exact) mass is 558 g/mol. The molecule has 0 aliphatic heterocycles. The third-order valence-corrected chi connectivity index (χ3v) is 5.72. The van der Waals surface area contributed by atoms with Crippen molar-refractivity contribution in [3.8, 4) is 17.6 Å². The van der Waals surface area contributed by atoms with Crippen LogP contribution >= 0.6 is 31.9 Å². The van der Waals surface area contributed by atoms with Gasteiger partial charge in [-0.05, 0) is 70.0 Å². The summed E-state index contributed by atoms with van der Waals surface area (Å²) in [6.45, 7) is 0.315. The van der Waals surface area contributed by atoms with Crippen LogP contribution in [0.15, 0.2) is 75.2 Å².